The van der Waals surface area contributed by atoms with Crippen LogP contribution in [0.5, 0.6) is 0 Å². The molecule has 4 rings (SSSR count). The monoisotopic (exact) mass is 554 g/mol. The average Bonchev–Trinajstić information content (AvgIpc) is 3.17. The van der Waals surface area contributed by atoms with Crippen LogP contribution < -0.4 is 10.4 Å². The Morgan fingerprint density at radius 2 is 1.79 bits per heavy atom. The van der Waals surface area contributed by atoms with Gasteiger partial charge < -0.3 is 19.7 Å². The van der Waals surface area contributed by atoms with Crippen LogP contribution in [-0.4, -0.2) is 77.2 Å². The third kappa shape index (κ3) is 7.13. The summed E-state index contributed by atoms with van der Waals surface area (Å²) in [6.45, 7) is 1.43. The van der Waals surface area contributed by atoms with Gasteiger partial charge in [-0.25, -0.2) is 14.1 Å². The van der Waals surface area contributed by atoms with Gasteiger partial charge in [-0.05, 0) is 30.3 Å². The lowest BCUT2D eigenvalue weighted by molar-refractivity contribution is -0.869. The Morgan fingerprint density at radius 1 is 1.13 bits per heavy atom. The molecule has 38 heavy (non-hydrogen) atoms. The first-order valence-corrected chi connectivity index (χ1v) is 11.5. The highest BCUT2D eigenvalue weighted by Gasteiger charge is 2.29. The Morgan fingerprint density at radius 3 is 2.39 bits per heavy atom. The first-order valence-electron chi connectivity index (χ1n) is 11.1. The minimum absolute atomic E-state index is 0.0712. The number of hydrogen-bond acceptors (Lipinski definition) is 6. The van der Waals surface area contributed by atoms with Crippen molar-refractivity contribution in [2.45, 2.75) is 12.7 Å². The number of alkyl halides is 3. The molecule has 0 radical (unpaired) electrons. The average molecular weight is 555 g/mol. The predicted octanol–water partition coefficient (Wildman–Crippen LogP) is 2.15. The molecular formula is C24H23ClF4N6O3. The summed E-state index contributed by atoms with van der Waals surface area (Å²) < 4.78 is 48.4. The van der Waals surface area contributed by atoms with Crippen LogP contribution in [0.25, 0.3) is 5.69 Å². The second kappa shape index (κ2) is 11.3. The molecule has 2 aromatic carbocycles. The van der Waals surface area contributed by atoms with Crippen LogP contribution in [0.15, 0.2) is 47.5 Å². The Hall–Kier alpha value is -3.84. The molecule has 1 aromatic heterocycles. The van der Waals surface area contributed by atoms with Gasteiger partial charge in [0.15, 0.2) is 5.82 Å². The number of hydrogen-bond donors (Lipinski definition) is 1. The zero-order valence-electron chi connectivity index (χ0n) is 20.5. The number of carbonyl (C=O) groups is 2. The number of nitrogens with zero attached hydrogens (tertiary/aromatic N) is 5. The number of likely N-dealkylation sites (N-methyl/N-ethyl adjacent to an activating group) is 1. The second-order valence-corrected chi connectivity index (χ2v) is 9.56. The van der Waals surface area contributed by atoms with Gasteiger partial charge in [0.05, 0.1) is 52.2 Å². The highest BCUT2D eigenvalue weighted by atomic mass is 35.5. The summed E-state index contributed by atoms with van der Waals surface area (Å²) in [6, 6.07) is 11.7. The number of nitrogens with one attached hydrogen (secondary N) is 1. The molecule has 1 aliphatic rings. The zero-order chi connectivity index (χ0) is 28.3. The van der Waals surface area contributed by atoms with Crippen molar-refractivity contribution in [1.82, 2.24) is 20.1 Å². The van der Waals surface area contributed by atoms with Crippen LogP contribution in [0.2, 0.25) is 5.02 Å². The van der Waals surface area contributed by atoms with Crippen molar-refractivity contribution in [1.29, 1.82) is 0 Å². The van der Waals surface area contributed by atoms with Gasteiger partial charge in [0.25, 0.3) is 5.91 Å². The highest BCUT2D eigenvalue weighted by molar-refractivity contribution is 6.31. The van der Waals surface area contributed by atoms with E-state index in [4.69, 9.17) is 21.5 Å². The molecule has 0 unspecified atom stereocenters. The maximum atomic E-state index is 14.5. The standard InChI is InChI=1S/C22H22ClFN6O.C2HF3O2/c1-30(2,3)11-10-25-22(31)21-27-19-13-26-20(15-6-4-5-7-17(15)24)16-12-14(23)8-9-18(16)29(19)28-21;3-2(4,5)1(6)7/h4-9,12H,10-11,13H2,1-3H3;(H,6,7). The Balaban J connectivity index is 0.000000505. The lowest BCUT2D eigenvalue weighted by atomic mass is 10.00. The number of carboxylic acid groups (broad SMARTS) is 1. The maximum absolute atomic E-state index is 14.5. The number of carboxylic acids is 1. The first kappa shape index (κ1) is 28.7. The first-order chi connectivity index (χ1) is 17.7. The second-order valence-electron chi connectivity index (χ2n) is 9.12. The lowest BCUT2D eigenvalue weighted by Gasteiger charge is -2.23. The van der Waals surface area contributed by atoms with Gasteiger partial charge in [0, 0.05) is 16.1 Å². The largest absolute Gasteiger partial charge is 0.542 e. The van der Waals surface area contributed by atoms with Crippen LogP contribution in [0.4, 0.5) is 17.6 Å². The Bertz CT molecular complexity index is 1380. The van der Waals surface area contributed by atoms with E-state index in [1.165, 1.54) is 6.07 Å². The molecule has 202 valence electrons. The van der Waals surface area contributed by atoms with Gasteiger partial charge in [-0.15, -0.1) is 5.10 Å². The van der Waals surface area contributed by atoms with Gasteiger partial charge in [-0.2, -0.15) is 13.2 Å². The van der Waals surface area contributed by atoms with Gasteiger partial charge in [-0.3, -0.25) is 9.79 Å². The van der Waals surface area contributed by atoms with E-state index in [0.717, 1.165) is 11.0 Å². The van der Waals surface area contributed by atoms with Crippen LogP contribution in [0.3, 0.4) is 0 Å². The molecular weight excluding hydrogens is 532 g/mol. The normalized spacial score (nSPS) is 12.8. The number of carbonyl (C=O) groups excluding carboxylic acids is 2. The van der Waals surface area contributed by atoms with E-state index in [1.54, 1.807) is 41.1 Å². The molecule has 0 bridgehead atoms. The SMILES string of the molecule is C[N+](C)(C)CCNC(=O)c1nc2n(n1)-c1ccc(Cl)cc1C(c1ccccc1F)=NC2.O=C([O-])C(F)(F)F. The molecule has 1 N–H and O–H groups in total. The molecule has 1 amide bonds. The molecule has 0 atom stereocenters. The van der Waals surface area contributed by atoms with E-state index in [2.05, 4.69) is 41.5 Å². The number of quaternary nitrogens is 1. The Kier molecular flexibility index (Phi) is 8.52. The molecule has 0 saturated heterocycles. The Labute approximate surface area is 220 Å². The van der Waals surface area contributed by atoms with Crippen molar-refractivity contribution in [3.63, 3.8) is 0 Å². The molecule has 0 aliphatic carbocycles. The minimum Gasteiger partial charge on any atom is -0.542 e. The summed E-state index contributed by atoms with van der Waals surface area (Å²) >= 11 is 6.24. The number of rotatable bonds is 5. The molecule has 0 fully saturated rings. The predicted molar refractivity (Wildman–Crippen MR) is 128 cm³/mol. The fraction of sp³-hybridized carbons (Fsp3) is 0.292. The maximum Gasteiger partial charge on any atom is 0.430 e. The van der Waals surface area contributed by atoms with Crippen LogP contribution in [0.1, 0.15) is 27.6 Å². The number of aliphatic carboxylic acids is 1. The number of aromatic nitrogens is 3. The number of halogens is 5. The van der Waals surface area contributed by atoms with Crippen LogP contribution in [0, 0.1) is 5.82 Å². The molecule has 0 saturated carbocycles. The van der Waals surface area contributed by atoms with E-state index < -0.39 is 12.1 Å². The van der Waals surface area contributed by atoms with Crippen molar-refractivity contribution < 1.29 is 36.7 Å². The summed E-state index contributed by atoms with van der Waals surface area (Å²) in [5.74, 6) is -3.17. The van der Waals surface area contributed by atoms with Gasteiger partial charge in [-0.1, -0.05) is 23.7 Å². The smallest absolute Gasteiger partial charge is 0.430 e. The molecule has 14 heteroatoms. The van der Waals surface area contributed by atoms with Crippen LogP contribution >= 0.6 is 11.6 Å². The minimum atomic E-state index is -5.19. The molecule has 3 aromatic rings. The summed E-state index contributed by atoms with van der Waals surface area (Å²) in [5.41, 5.74) is 2.10. The van der Waals surface area contributed by atoms with Gasteiger partial charge in [0.2, 0.25) is 5.82 Å². The van der Waals surface area contributed by atoms with Crippen molar-refractivity contribution in [2.75, 3.05) is 34.2 Å². The van der Waals surface area contributed by atoms with Crippen molar-refractivity contribution >= 4 is 29.2 Å². The molecule has 1 aliphatic heterocycles. The molecule has 9 nitrogen and oxygen atoms in total. The van der Waals surface area contributed by atoms with E-state index in [0.29, 0.717) is 39.9 Å². The van der Waals surface area contributed by atoms with Gasteiger partial charge in [0.1, 0.15) is 11.8 Å². The summed E-state index contributed by atoms with van der Waals surface area (Å²) in [7, 11) is 6.16. The highest BCUT2D eigenvalue weighted by Crippen LogP contribution is 2.27. The topological polar surface area (TPSA) is 112 Å². The number of amides is 1. The fourth-order valence-electron chi connectivity index (χ4n) is 3.32. The van der Waals surface area contributed by atoms with E-state index in [9.17, 15) is 22.4 Å². The van der Waals surface area contributed by atoms with Gasteiger partial charge >= 0.3 is 6.18 Å². The fourth-order valence-corrected chi connectivity index (χ4v) is 3.49. The quantitative estimate of drug-likeness (QED) is 0.384. The molecule has 0 spiro atoms. The van der Waals surface area contributed by atoms with E-state index in [1.807, 2.05) is 0 Å². The number of aliphatic imine (C=N–C) groups is 1. The zero-order valence-corrected chi connectivity index (χ0v) is 21.3. The summed E-state index contributed by atoms with van der Waals surface area (Å²) in [5, 5.41) is 16.6. The molecule has 2 heterocycles. The third-order valence-corrected chi connectivity index (χ3v) is 5.36. The van der Waals surface area contributed by atoms with E-state index >= 15 is 0 Å². The number of fused-ring (bicyclic) bond motifs is 3. The van der Waals surface area contributed by atoms with Crippen molar-refractivity contribution in [3.8, 4) is 5.69 Å². The lowest BCUT2D eigenvalue weighted by Crippen LogP contribution is -2.42. The number of benzene rings is 2. The third-order valence-electron chi connectivity index (χ3n) is 5.13. The van der Waals surface area contributed by atoms with E-state index in [-0.39, 0.29) is 24.1 Å². The summed E-state index contributed by atoms with van der Waals surface area (Å²) in [4.78, 5) is 30.4. The van der Waals surface area contributed by atoms with Crippen LogP contribution in [-0.2, 0) is 11.3 Å². The summed E-state index contributed by atoms with van der Waals surface area (Å²) in [6.07, 6.45) is -5.19. The van der Waals surface area contributed by atoms with Crippen molar-refractivity contribution in [2.24, 2.45) is 4.99 Å². The van der Waals surface area contributed by atoms with Crippen molar-refractivity contribution in [3.05, 3.63) is 76.1 Å².